The molecule has 8 nitrogen and oxygen atoms in total. The molecular weight excluding hydrogens is 464 g/mol. The molecule has 36 heavy (non-hydrogen) atoms. The molecule has 2 atom stereocenters. The molecule has 0 radical (unpaired) electrons. The molecule has 4 heterocycles. The van der Waals surface area contributed by atoms with Gasteiger partial charge in [-0.1, -0.05) is 0 Å². The number of hydrogen-bond donors (Lipinski definition) is 1. The molecule has 0 aliphatic carbocycles. The predicted octanol–water partition coefficient (Wildman–Crippen LogP) is 3.62. The molecule has 1 N–H and O–H groups in total. The number of rotatable bonds is 4. The number of nitrogens with zero attached hydrogens (tertiary/aromatic N) is 6. The van der Waals surface area contributed by atoms with E-state index in [0.29, 0.717) is 48.0 Å². The van der Waals surface area contributed by atoms with Gasteiger partial charge in [0.05, 0.1) is 41.8 Å². The van der Waals surface area contributed by atoms with Crippen LogP contribution >= 0.6 is 0 Å². The Kier molecular flexibility index (Phi) is 5.88. The molecule has 1 aromatic carbocycles. The molecule has 0 bridgehead atoms. The number of nitrogens with one attached hydrogen (secondary N) is 1. The van der Waals surface area contributed by atoms with Crippen LogP contribution in [0.15, 0.2) is 36.7 Å². The second-order valence-corrected chi connectivity index (χ2v) is 9.49. The Morgan fingerprint density at radius 2 is 2.06 bits per heavy atom. The Hall–Kier alpha value is -3.97. The summed E-state index contributed by atoms with van der Waals surface area (Å²) in [5.41, 5.74) is 1.33. The highest BCUT2D eigenvalue weighted by atomic mass is 19.1. The van der Waals surface area contributed by atoms with Gasteiger partial charge < -0.3 is 15.1 Å². The van der Waals surface area contributed by atoms with E-state index < -0.39 is 23.1 Å². The second-order valence-electron chi connectivity index (χ2n) is 9.49. The number of benzene rings is 1. The van der Waals surface area contributed by atoms with E-state index in [-0.39, 0.29) is 23.7 Å². The van der Waals surface area contributed by atoms with Crippen molar-refractivity contribution in [3.8, 4) is 6.07 Å². The zero-order chi connectivity index (χ0) is 25.6. The number of fused-ring (bicyclic) bond motifs is 2. The zero-order valence-electron chi connectivity index (χ0n) is 20.2. The van der Waals surface area contributed by atoms with Crippen LogP contribution < -0.4 is 10.2 Å². The van der Waals surface area contributed by atoms with E-state index in [0.717, 1.165) is 6.20 Å². The van der Waals surface area contributed by atoms with Gasteiger partial charge >= 0.3 is 0 Å². The van der Waals surface area contributed by atoms with Crippen LogP contribution in [0.25, 0.3) is 0 Å². The maximum absolute atomic E-state index is 14.8. The molecule has 0 saturated carbocycles. The summed E-state index contributed by atoms with van der Waals surface area (Å²) in [6, 6.07) is 7.23. The molecule has 10 heteroatoms. The first-order chi connectivity index (χ1) is 17.2. The lowest BCUT2D eigenvalue weighted by Crippen LogP contribution is -2.53. The van der Waals surface area contributed by atoms with Crippen molar-refractivity contribution < 1.29 is 13.6 Å². The van der Waals surface area contributed by atoms with E-state index in [2.05, 4.69) is 20.2 Å². The molecule has 5 rings (SSSR count). The molecular formula is C26H25F2N7O. The normalized spacial score (nSPS) is 20.3. The lowest BCUT2D eigenvalue weighted by Gasteiger charge is -2.40. The fourth-order valence-corrected chi connectivity index (χ4v) is 5.22. The first-order valence-corrected chi connectivity index (χ1v) is 11.7. The number of pyridine rings is 1. The zero-order valence-corrected chi connectivity index (χ0v) is 20.2. The van der Waals surface area contributed by atoms with Gasteiger partial charge in [0.1, 0.15) is 22.9 Å². The van der Waals surface area contributed by atoms with E-state index >= 15 is 0 Å². The lowest BCUT2D eigenvalue weighted by atomic mass is 9.76. The minimum absolute atomic E-state index is 0.0719. The van der Waals surface area contributed by atoms with Gasteiger partial charge in [0.2, 0.25) is 5.91 Å². The summed E-state index contributed by atoms with van der Waals surface area (Å²) in [6.45, 7) is 4.82. The van der Waals surface area contributed by atoms with Crippen LogP contribution in [0.5, 0.6) is 0 Å². The smallest absolute Gasteiger partial charge is 0.241 e. The number of nitriles is 1. The minimum atomic E-state index is -0.946. The van der Waals surface area contributed by atoms with Crippen LogP contribution in [0.1, 0.15) is 47.6 Å². The maximum atomic E-state index is 14.8. The fourth-order valence-electron chi connectivity index (χ4n) is 5.22. The molecule has 2 aliphatic rings. The van der Waals surface area contributed by atoms with Crippen LogP contribution in [0.4, 0.5) is 20.3 Å². The highest BCUT2D eigenvalue weighted by Crippen LogP contribution is 2.44. The summed E-state index contributed by atoms with van der Waals surface area (Å²) in [5, 5.41) is 12.6. The van der Waals surface area contributed by atoms with Gasteiger partial charge in [-0.2, -0.15) is 5.26 Å². The number of likely N-dealkylation sites (tertiary alicyclic amines) is 1. The average molecular weight is 490 g/mol. The Labute approximate surface area is 207 Å². The fraction of sp³-hybridized carbons (Fsp3) is 0.346. The number of aromatic nitrogens is 3. The van der Waals surface area contributed by atoms with Crippen LogP contribution in [0.2, 0.25) is 0 Å². The third-order valence-corrected chi connectivity index (χ3v) is 6.95. The van der Waals surface area contributed by atoms with E-state index in [1.54, 1.807) is 13.0 Å². The van der Waals surface area contributed by atoms with Gasteiger partial charge in [-0.05, 0) is 63.7 Å². The van der Waals surface area contributed by atoms with Crippen LogP contribution in [0, 0.1) is 29.9 Å². The summed E-state index contributed by atoms with van der Waals surface area (Å²) in [7, 11) is 1.94. The number of aryl methyl sites for hydroxylation is 1. The number of carbonyl (C=O) groups excluding carboxylic acids is 1. The molecule has 1 unspecified atom stereocenters. The molecule has 1 spiro atoms. The van der Waals surface area contributed by atoms with Gasteiger partial charge in [0.15, 0.2) is 5.82 Å². The summed E-state index contributed by atoms with van der Waals surface area (Å²) >= 11 is 0. The van der Waals surface area contributed by atoms with Gasteiger partial charge in [0, 0.05) is 18.3 Å². The first kappa shape index (κ1) is 23.8. The minimum Gasteiger partial charge on any atom is -0.363 e. The van der Waals surface area contributed by atoms with Gasteiger partial charge in [-0.15, -0.1) is 0 Å². The van der Waals surface area contributed by atoms with E-state index in [9.17, 15) is 18.8 Å². The number of carbonyl (C=O) groups is 1. The molecule has 1 amide bonds. The average Bonchev–Trinajstić information content (AvgIpc) is 3.24. The number of amides is 1. The number of anilines is 2. The van der Waals surface area contributed by atoms with Gasteiger partial charge in [-0.3, -0.25) is 9.78 Å². The first-order valence-electron chi connectivity index (χ1n) is 11.7. The van der Waals surface area contributed by atoms with Crippen molar-refractivity contribution in [2.75, 3.05) is 30.4 Å². The van der Waals surface area contributed by atoms with Crippen molar-refractivity contribution in [2.45, 2.75) is 38.3 Å². The van der Waals surface area contributed by atoms with Crippen LogP contribution in [-0.2, 0) is 16.8 Å². The van der Waals surface area contributed by atoms with E-state index in [1.165, 1.54) is 29.3 Å². The van der Waals surface area contributed by atoms with Crippen LogP contribution in [-0.4, -0.2) is 45.9 Å². The Morgan fingerprint density at radius 1 is 1.25 bits per heavy atom. The maximum Gasteiger partial charge on any atom is 0.241 e. The van der Waals surface area contributed by atoms with E-state index in [1.807, 2.05) is 20.0 Å². The van der Waals surface area contributed by atoms with Crippen LogP contribution in [0.3, 0.4) is 0 Å². The van der Waals surface area contributed by atoms with Crippen molar-refractivity contribution in [1.82, 2.24) is 19.9 Å². The largest absolute Gasteiger partial charge is 0.363 e. The topological polar surface area (TPSA) is 98.0 Å². The summed E-state index contributed by atoms with van der Waals surface area (Å²) in [4.78, 5) is 30.6. The number of likely N-dealkylation sites (N-methyl/N-ethyl adjacent to an activating group) is 1. The standard InChI is InChI=1S/C26H25F2N7O/c1-15(18-8-17(11-29)9-19(27)10-18)31-24-20-13-35(22-4-6-30-12-21(22)28)25(36)26(5-7-34(3)14-26)23(20)32-16(2)33-24/h4,6,8-10,12,15H,5,7,13-14H2,1-3H3,(H,31,32,33)/t15-,26?/m1/s1. The Bertz CT molecular complexity index is 1410. The molecule has 1 saturated heterocycles. The third kappa shape index (κ3) is 3.95. The molecule has 3 aromatic rings. The Balaban J connectivity index is 1.63. The van der Waals surface area contributed by atoms with Crippen molar-refractivity contribution >= 4 is 17.4 Å². The molecule has 2 aliphatic heterocycles. The number of hydrogen-bond acceptors (Lipinski definition) is 7. The summed E-state index contributed by atoms with van der Waals surface area (Å²) in [6.07, 6.45) is 3.09. The SMILES string of the molecule is Cc1nc(N[C@H](C)c2cc(F)cc(C#N)c2)c2c(n1)C1(CCN(C)C1)C(=O)N(c1ccncc1F)C2. The Morgan fingerprint density at radius 3 is 2.75 bits per heavy atom. The van der Waals surface area contributed by atoms with Crippen molar-refractivity contribution in [3.05, 3.63) is 76.5 Å². The highest BCUT2D eigenvalue weighted by molar-refractivity contribution is 6.03. The highest BCUT2D eigenvalue weighted by Gasteiger charge is 2.53. The summed E-state index contributed by atoms with van der Waals surface area (Å²) < 4.78 is 28.9. The third-order valence-electron chi connectivity index (χ3n) is 6.95. The summed E-state index contributed by atoms with van der Waals surface area (Å²) in [5.74, 6) is -0.309. The van der Waals surface area contributed by atoms with Gasteiger partial charge in [-0.25, -0.2) is 18.7 Å². The lowest BCUT2D eigenvalue weighted by molar-refractivity contribution is -0.124. The molecule has 1 fully saturated rings. The van der Waals surface area contributed by atoms with E-state index in [4.69, 9.17) is 4.98 Å². The quantitative estimate of drug-likeness (QED) is 0.598. The molecule has 184 valence electrons. The monoisotopic (exact) mass is 489 g/mol. The number of halogens is 2. The second kappa shape index (κ2) is 8.91. The van der Waals surface area contributed by atoms with Crippen molar-refractivity contribution in [2.24, 2.45) is 0 Å². The van der Waals surface area contributed by atoms with Gasteiger partial charge in [0.25, 0.3) is 0 Å². The van der Waals surface area contributed by atoms with Crippen molar-refractivity contribution in [1.29, 1.82) is 5.26 Å². The molecule has 2 aromatic heterocycles. The predicted molar refractivity (Wildman–Crippen MR) is 129 cm³/mol. The van der Waals surface area contributed by atoms with Crippen molar-refractivity contribution in [3.63, 3.8) is 0 Å².